The Labute approximate surface area is 105 Å². The predicted octanol–water partition coefficient (Wildman–Crippen LogP) is 2.66. The smallest absolute Gasteiger partial charge is 0.0499 e. The van der Waals surface area contributed by atoms with Crippen LogP contribution >= 0.6 is 11.8 Å². The zero-order valence-corrected chi connectivity index (χ0v) is 11.8. The first-order valence-electron chi connectivity index (χ1n) is 6.63. The fraction of sp³-hybridized carbons (Fsp3) is 1.00. The van der Waals surface area contributed by atoms with Gasteiger partial charge in [-0.05, 0) is 31.4 Å². The predicted molar refractivity (Wildman–Crippen MR) is 73.0 cm³/mol. The molecule has 0 aromatic rings. The summed E-state index contributed by atoms with van der Waals surface area (Å²) in [6.45, 7) is 7.95. The molecule has 0 radical (unpaired) electrons. The molecule has 96 valence electrons. The highest BCUT2D eigenvalue weighted by molar-refractivity contribution is 7.99. The molecule has 0 aromatic heterocycles. The van der Waals surface area contributed by atoms with Crippen LogP contribution in [0.4, 0.5) is 0 Å². The van der Waals surface area contributed by atoms with E-state index in [1.807, 2.05) is 0 Å². The lowest BCUT2D eigenvalue weighted by atomic mass is 9.83. The van der Waals surface area contributed by atoms with Crippen LogP contribution in [0.2, 0.25) is 0 Å². The largest absolute Gasteiger partial charge is 0.396 e. The van der Waals surface area contributed by atoms with Gasteiger partial charge < -0.3 is 10.4 Å². The van der Waals surface area contributed by atoms with Crippen molar-refractivity contribution in [2.75, 3.05) is 18.9 Å². The van der Waals surface area contributed by atoms with Crippen LogP contribution in [-0.2, 0) is 0 Å². The molecule has 2 unspecified atom stereocenters. The van der Waals surface area contributed by atoms with Gasteiger partial charge in [-0.2, -0.15) is 11.8 Å². The van der Waals surface area contributed by atoms with Gasteiger partial charge in [-0.15, -0.1) is 0 Å². The van der Waals surface area contributed by atoms with Crippen LogP contribution in [0, 0.1) is 5.41 Å². The van der Waals surface area contributed by atoms with Gasteiger partial charge in [-0.3, -0.25) is 0 Å². The van der Waals surface area contributed by atoms with E-state index in [9.17, 15) is 5.11 Å². The summed E-state index contributed by atoms with van der Waals surface area (Å²) in [7, 11) is 0. The molecule has 0 bridgehead atoms. The molecule has 1 fully saturated rings. The number of hydrogen-bond donors (Lipinski definition) is 2. The molecule has 3 heteroatoms. The molecular formula is C13H27NOS. The average molecular weight is 245 g/mol. The van der Waals surface area contributed by atoms with Gasteiger partial charge in [0.25, 0.3) is 0 Å². The van der Waals surface area contributed by atoms with Crippen LogP contribution in [0.25, 0.3) is 0 Å². The highest BCUT2D eigenvalue weighted by Crippen LogP contribution is 2.28. The number of hydrogen-bond acceptors (Lipinski definition) is 3. The van der Waals surface area contributed by atoms with Crippen LogP contribution in [0.3, 0.4) is 0 Å². The first-order chi connectivity index (χ1) is 7.67. The van der Waals surface area contributed by atoms with Crippen molar-refractivity contribution < 1.29 is 5.11 Å². The number of aliphatic hydroxyl groups is 1. The molecule has 16 heavy (non-hydrogen) atoms. The van der Waals surface area contributed by atoms with E-state index in [0.717, 1.165) is 24.6 Å². The standard InChI is InChI=1S/C13H27NOS/c1-4-13(5-2,10-15)9-14-12-7-6-8-16-11(12)3/h11-12,14-15H,4-10H2,1-3H3. The Hall–Kier alpha value is 0.270. The minimum Gasteiger partial charge on any atom is -0.396 e. The highest BCUT2D eigenvalue weighted by atomic mass is 32.2. The molecule has 1 aliphatic rings. The summed E-state index contributed by atoms with van der Waals surface area (Å²) in [5, 5.41) is 13.9. The lowest BCUT2D eigenvalue weighted by Crippen LogP contribution is -2.46. The van der Waals surface area contributed by atoms with Gasteiger partial charge >= 0.3 is 0 Å². The third-order valence-corrected chi connectivity index (χ3v) is 5.56. The topological polar surface area (TPSA) is 32.3 Å². The molecule has 0 aromatic carbocycles. The summed E-state index contributed by atoms with van der Waals surface area (Å²) in [6.07, 6.45) is 4.74. The maximum Gasteiger partial charge on any atom is 0.0499 e. The van der Waals surface area contributed by atoms with Crippen LogP contribution in [0.1, 0.15) is 46.5 Å². The molecule has 1 rings (SSSR count). The molecule has 0 saturated carbocycles. The lowest BCUT2D eigenvalue weighted by molar-refractivity contribution is 0.109. The maximum atomic E-state index is 9.53. The van der Waals surface area contributed by atoms with E-state index in [4.69, 9.17) is 0 Å². The average Bonchev–Trinajstić information content (AvgIpc) is 2.34. The number of rotatable bonds is 6. The summed E-state index contributed by atoms with van der Waals surface area (Å²) in [5.41, 5.74) is 0.0990. The van der Waals surface area contributed by atoms with Crippen molar-refractivity contribution in [1.82, 2.24) is 5.32 Å². The second-order valence-electron chi connectivity index (χ2n) is 5.07. The van der Waals surface area contributed by atoms with Crippen molar-refractivity contribution >= 4 is 11.8 Å². The van der Waals surface area contributed by atoms with Gasteiger partial charge in [-0.25, -0.2) is 0 Å². The van der Waals surface area contributed by atoms with Crippen molar-refractivity contribution in [3.63, 3.8) is 0 Å². The summed E-state index contributed by atoms with van der Waals surface area (Å²) >= 11 is 2.07. The molecule has 0 amide bonds. The Balaban J connectivity index is 2.41. The lowest BCUT2D eigenvalue weighted by Gasteiger charge is -2.35. The summed E-state index contributed by atoms with van der Waals surface area (Å²) < 4.78 is 0. The molecule has 0 aliphatic carbocycles. The van der Waals surface area contributed by atoms with Crippen LogP contribution in [-0.4, -0.2) is 35.3 Å². The van der Waals surface area contributed by atoms with Gasteiger partial charge in [0.2, 0.25) is 0 Å². The fourth-order valence-electron chi connectivity index (χ4n) is 2.32. The van der Waals surface area contributed by atoms with Crippen LogP contribution in [0.5, 0.6) is 0 Å². The third kappa shape index (κ3) is 3.64. The zero-order chi connectivity index (χ0) is 12.0. The Morgan fingerprint density at radius 3 is 2.56 bits per heavy atom. The Bertz CT molecular complexity index is 186. The summed E-state index contributed by atoms with van der Waals surface area (Å²) in [6, 6.07) is 0.641. The van der Waals surface area contributed by atoms with Crippen LogP contribution in [0.15, 0.2) is 0 Å². The normalized spacial score (nSPS) is 27.0. The first kappa shape index (κ1) is 14.3. The molecule has 2 atom stereocenters. The van der Waals surface area contributed by atoms with Crippen molar-refractivity contribution in [2.45, 2.75) is 57.7 Å². The van der Waals surface area contributed by atoms with E-state index in [2.05, 4.69) is 37.8 Å². The summed E-state index contributed by atoms with van der Waals surface area (Å²) in [4.78, 5) is 0. The first-order valence-corrected chi connectivity index (χ1v) is 7.68. The Kier molecular flexibility index (Phi) is 6.16. The minimum absolute atomic E-state index is 0.0990. The van der Waals surface area contributed by atoms with Gasteiger partial charge in [0.15, 0.2) is 0 Å². The van der Waals surface area contributed by atoms with Crippen molar-refractivity contribution in [3.05, 3.63) is 0 Å². The van der Waals surface area contributed by atoms with E-state index < -0.39 is 0 Å². The second-order valence-corrected chi connectivity index (χ2v) is 6.56. The quantitative estimate of drug-likeness (QED) is 0.754. The van der Waals surface area contributed by atoms with Crippen molar-refractivity contribution in [2.24, 2.45) is 5.41 Å². The number of thioether (sulfide) groups is 1. The second kappa shape index (κ2) is 6.87. The van der Waals surface area contributed by atoms with Crippen molar-refractivity contribution in [3.8, 4) is 0 Å². The molecular weight excluding hydrogens is 218 g/mol. The number of nitrogens with one attached hydrogen (secondary N) is 1. The Morgan fingerprint density at radius 2 is 2.06 bits per heavy atom. The minimum atomic E-state index is 0.0990. The molecule has 0 spiro atoms. The van der Waals surface area contributed by atoms with E-state index in [0.29, 0.717) is 12.6 Å². The van der Waals surface area contributed by atoms with Gasteiger partial charge in [-0.1, -0.05) is 20.8 Å². The highest BCUT2D eigenvalue weighted by Gasteiger charge is 2.28. The van der Waals surface area contributed by atoms with E-state index in [-0.39, 0.29) is 5.41 Å². The van der Waals surface area contributed by atoms with E-state index in [1.54, 1.807) is 0 Å². The molecule has 2 nitrogen and oxygen atoms in total. The fourth-order valence-corrected chi connectivity index (χ4v) is 3.49. The zero-order valence-electron chi connectivity index (χ0n) is 11.0. The monoisotopic (exact) mass is 245 g/mol. The third-order valence-electron chi connectivity index (χ3n) is 4.18. The molecule has 1 aliphatic heterocycles. The molecule has 1 saturated heterocycles. The number of aliphatic hydroxyl groups excluding tert-OH is 1. The maximum absolute atomic E-state index is 9.53. The SMILES string of the molecule is CCC(CC)(CO)CNC1CCCSC1C. The molecule has 2 N–H and O–H groups in total. The van der Waals surface area contributed by atoms with Gasteiger partial charge in [0.05, 0.1) is 0 Å². The van der Waals surface area contributed by atoms with Gasteiger partial charge in [0, 0.05) is 29.9 Å². The van der Waals surface area contributed by atoms with E-state index in [1.165, 1.54) is 18.6 Å². The Morgan fingerprint density at radius 1 is 1.38 bits per heavy atom. The van der Waals surface area contributed by atoms with Crippen molar-refractivity contribution in [1.29, 1.82) is 0 Å². The molecule has 1 heterocycles. The summed E-state index contributed by atoms with van der Waals surface area (Å²) in [5.74, 6) is 1.31. The van der Waals surface area contributed by atoms with Gasteiger partial charge in [0.1, 0.15) is 0 Å². The van der Waals surface area contributed by atoms with Crippen LogP contribution < -0.4 is 5.32 Å². The van der Waals surface area contributed by atoms with E-state index >= 15 is 0 Å².